The second-order valence-corrected chi connectivity index (χ2v) is 2.62. The zero-order valence-corrected chi connectivity index (χ0v) is 8.62. The van der Waals surface area contributed by atoms with Crippen molar-refractivity contribution in [3.63, 3.8) is 0 Å². The summed E-state index contributed by atoms with van der Waals surface area (Å²) in [6.07, 6.45) is -0.0993. The van der Waals surface area contributed by atoms with Crippen LogP contribution in [0.15, 0.2) is 0 Å². The van der Waals surface area contributed by atoms with Crippen LogP contribution in [0.4, 0.5) is 4.79 Å². The van der Waals surface area contributed by atoms with Gasteiger partial charge in [-0.3, -0.25) is 4.79 Å². The fraction of sp³-hybridized carbons (Fsp3) is 0.750. The lowest BCUT2D eigenvalue weighted by molar-refractivity contribution is -0.136. The Kier molecular flexibility index (Phi) is 8.40. The summed E-state index contributed by atoms with van der Waals surface area (Å²) in [5, 5.41) is 13.0. The maximum Gasteiger partial charge on any atom is 0.316 e. The van der Waals surface area contributed by atoms with E-state index < -0.39 is 12.0 Å². The predicted molar refractivity (Wildman–Crippen MR) is 51.5 cm³/mol. The zero-order valence-electron chi connectivity index (χ0n) is 8.62. The van der Waals surface area contributed by atoms with Gasteiger partial charge in [0.1, 0.15) is 6.73 Å². The van der Waals surface area contributed by atoms with Gasteiger partial charge in [-0.25, -0.2) is 4.79 Å². The number of aliphatic carboxylic acids is 1. The van der Waals surface area contributed by atoms with Crippen LogP contribution in [0, 0.1) is 0 Å². The fourth-order valence-corrected chi connectivity index (χ4v) is 0.676. The number of carboxylic acids is 1. The highest BCUT2D eigenvalue weighted by atomic mass is 16.5. The van der Waals surface area contributed by atoms with E-state index >= 15 is 0 Å². The van der Waals surface area contributed by atoms with Crippen LogP contribution < -0.4 is 10.6 Å². The smallest absolute Gasteiger partial charge is 0.316 e. The lowest BCUT2D eigenvalue weighted by Crippen LogP contribution is -2.38. The number of carbonyl (C=O) groups is 2. The average molecular weight is 220 g/mol. The Balaban J connectivity index is 3.22. The number of amides is 2. The molecule has 0 radical (unpaired) electrons. The summed E-state index contributed by atoms with van der Waals surface area (Å²) < 4.78 is 9.68. The predicted octanol–water partition coefficient (Wildman–Crippen LogP) is -0.619. The lowest BCUT2D eigenvalue weighted by atomic mass is 10.4. The Labute approximate surface area is 87.7 Å². The van der Waals surface area contributed by atoms with E-state index in [0.717, 1.165) is 0 Å². The van der Waals surface area contributed by atoms with Gasteiger partial charge in [0.25, 0.3) is 0 Å². The van der Waals surface area contributed by atoms with Crippen molar-refractivity contribution >= 4 is 12.0 Å². The van der Waals surface area contributed by atoms with Gasteiger partial charge in [0.15, 0.2) is 0 Å². The van der Waals surface area contributed by atoms with Crippen molar-refractivity contribution in [2.75, 3.05) is 33.6 Å². The zero-order chi connectivity index (χ0) is 11.5. The summed E-state index contributed by atoms with van der Waals surface area (Å²) in [7, 11) is 1.55. The van der Waals surface area contributed by atoms with Crippen LogP contribution in [0.1, 0.15) is 6.42 Å². The number of rotatable bonds is 8. The van der Waals surface area contributed by atoms with Gasteiger partial charge in [-0.15, -0.1) is 0 Å². The van der Waals surface area contributed by atoms with Crippen molar-refractivity contribution in [3.8, 4) is 0 Å². The van der Waals surface area contributed by atoms with Crippen LogP contribution in [0.2, 0.25) is 0 Å². The number of hydrogen-bond donors (Lipinski definition) is 3. The number of hydrogen-bond acceptors (Lipinski definition) is 4. The molecule has 0 saturated carbocycles. The molecular weight excluding hydrogens is 204 g/mol. The van der Waals surface area contributed by atoms with Gasteiger partial charge in [0.05, 0.1) is 19.6 Å². The van der Waals surface area contributed by atoms with E-state index in [9.17, 15) is 9.59 Å². The number of nitrogens with one attached hydrogen (secondary N) is 2. The molecule has 0 unspecified atom stereocenters. The van der Waals surface area contributed by atoms with Crippen LogP contribution in [-0.4, -0.2) is 50.7 Å². The van der Waals surface area contributed by atoms with Gasteiger partial charge < -0.3 is 25.2 Å². The molecule has 0 fully saturated rings. The van der Waals surface area contributed by atoms with Crippen LogP contribution in [0.25, 0.3) is 0 Å². The molecule has 0 aromatic carbocycles. The molecule has 0 aliphatic rings. The summed E-state index contributed by atoms with van der Waals surface area (Å²) in [5.74, 6) is -0.952. The molecule has 7 heteroatoms. The maximum absolute atomic E-state index is 10.9. The second kappa shape index (κ2) is 9.22. The monoisotopic (exact) mass is 220 g/mol. The summed E-state index contributed by atoms with van der Waals surface area (Å²) in [6, 6.07) is -0.450. The van der Waals surface area contributed by atoms with E-state index in [2.05, 4.69) is 10.6 Å². The number of methoxy groups -OCH3 is 1. The molecule has 0 aromatic rings. The average Bonchev–Trinajstić information content (AvgIpc) is 2.17. The number of carbonyl (C=O) groups excluding carboxylic acids is 1. The van der Waals surface area contributed by atoms with Crippen molar-refractivity contribution in [1.82, 2.24) is 10.6 Å². The van der Waals surface area contributed by atoms with Gasteiger partial charge in [-0.1, -0.05) is 0 Å². The number of urea groups is 1. The highest BCUT2D eigenvalue weighted by Gasteiger charge is 2.00. The van der Waals surface area contributed by atoms with Crippen LogP contribution >= 0.6 is 0 Å². The van der Waals surface area contributed by atoms with Gasteiger partial charge in [0, 0.05) is 13.7 Å². The molecule has 0 aliphatic carbocycles. The van der Waals surface area contributed by atoms with E-state index in [1.165, 1.54) is 0 Å². The molecule has 0 rings (SSSR count). The minimum Gasteiger partial charge on any atom is -0.481 e. The second-order valence-electron chi connectivity index (χ2n) is 2.62. The van der Waals surface area contributed by atoms with Gasteiger partial charge in [-0.2, -0.15) is 0 Å². The largest absolute Gasteiger partial charge is 0.481 e. The summed E-state index contributed by atoms with van der Waals surface area (Å²) in [5.41, 5.74) is 0. The molecule has 0 aromatic heterocycles. The molecule has 7 nitrogen and oxygen atoms in total. The molecule has 0 heterocycles. The minimum absolute atomic E-state index is 0.0717. The Hall–Kier alpha value is -1.34. The fourth-order valence-electron chi connectivity index (χ4n) is 0.676. The van der Waals surface area contributed by atoms with Crippen molar-refractivity contribution < 1.29 is 24.2 Å². The SMILES string of the molecule is COCCOCNC(=O)NCCC(=O)O. The van der Waals surface area contributed by atoms with Crippen molar-refractivity contribution in [2.24, 2.45) is 0 Å². The molecule has 0 saturated heterocycles. The quantitative estimate of drug-likeness (QED) is 0.374. The normalized spacial score (nSPS) is 9.67. The summed E-state index contributed by atoms with van der Waals surface area (Å²) in [4.78, 5) is 21.0. The Morgan fingerprint density at radius 2 is 2.00 bits per heavy atom. The van der Waals surface area contributed by atoms with E-state index in [-0.39, 0.29) is 19.7 Å². The number of ether oxygens (including phenoxy) is 2. The molecule has 3 N–H and O–H groups in total. The highest BCUT2D eigenvalue weighted by Crippen LogP contribution is 1.76. The molecule has 0 atom stereocenters. The van der Waals surface area contributed by atoms with Gasteiger partial charge in [-0.05, 0) is 0 Å². The molecular formula is C8H16N2O5. The third-order valence-electron chi connectivity index (χ3n) is 1.39. The molecule has 15 heavy (non-hydrogen) atoms. The minimum atomic E-state index is -0.952. The van der Waals surface area contributed by atoms with Crippen LogP contribution in [0.3, 0.4) is 0 Å². The summed E-state index contributed by atoms with van der Waals surface area (Å²) >= 11 is 0. The first-order valence-corrected chi connectivity index (χ1v) is 4.47. The Morgan fingerprint density at radius 1 is 1.27 bits per heavy atom. The molecule has 88 valence electrons. The van der Waals surface area contributed by atoms with Crippen LogP contribution in [-0.2, 0) is 14.3 Å². The Morgan fingerprint density at radius 3 is 2.60 bits per heavy atom. The first-order valence-electron chi connectivity index (χ1n) is 4.47. The van der Waals surface area contributed by atoms with Crippen molar-refractivity contribution in [1.29, 1.82) is 0 Å². The third-order valence-corrected chi connectivity index (χ3v) is 1.39. The first kappa shape index (κ1) is 13.7. The lowest BCUT2D eigenvalue weighted by Gasteiger charge is -2.06. The highest BCUT2D eigenvalue weighted by molar-refractivity contribution is 5.74. The standard InChI is InChI=1S/C8H16N2O5/c1-14-4-5-15-6-10-8(13)9-3-2-7(11)12/h2-6H2,1H3,(H,11,12)(H2,9,10,13). The molecule has 2 amide bonds. The van der Waals surface area contributed by atoms with Gasteiger partial charge >= 0.3 is 12.0 Å². The molecule has 0 bridgehead atoms. The number of carboxylic acid groups (broad SMARTS) is 1. The maximum atomic E-state index is 10.9. The molecule has 0 spiro atoms. The van der Waals surface area contributed by atoms with Crippen LogP contribution in [0.5, 0.6) is 0 Å². The van der Waals surface area contributed by atoms with E-state index in [1.807, 2.05) is 0 Å². The Bertz CT molecular complexity index is 197. The topological polar surface area (TPSA) is 96.9 Å². The summed E-state index contributed by atoms with van der Waals surface area (Å²) in [6.45, 7) is 1.02. The molecule has 0 aliphatic heterocycles. The van der Waals surface area contributed by atoms with Crippen molar-refractivity contribution in [2.45, 2.75) is 6.42 Å². The van der Waals surface area contributed by atoms with E-state index in [4.69, 9.17) is 14.6 Å². The van der Waals surface area contributed by atoms with Gasteiger partial charge in [0.2, 0.25) is 0 Å². The first-order chi connectivity index (χ1) is 7.16. The van der Waals surface area contributed by atoms with E-state index in [0.29, 0.717) is 13.2 Å². The van der Waals surface area contributed by atoms with Crippen molar-refractivity contribution in [3.05, 3.63) is 0 Å². The third kappa shape index (κ3) is 10.6. The van der Waals surface area contributed by atoms with E-state index in [1.54, 1.807) is 7.11 Å².